The Morgan fingerprint density at radius 2 is 2.32 bits per heavy atom. The summed E-state index contributed by atoms with van der Waals surface area (Å²) < 4.78 is 0. The second-order valence-corrected chi connectivity index (χ2v) is 6.06. The highest BCUT2D eigenvalue weighted by molar-refractivity contribution is 7.09. The Morgan fingerprint density at radius 1 is 1.58 bits per heavy atom. The van der Waals surface area contributed by atoms with Crippen LogP contribution in [0.3, 0.4) is 0 Å². The highest BCUT2D eigenvalue weighted by Crippen LogP contribution is 2.30. The number of aromatic nitrogens is 1. The number of carboxylic acid groups (broad SMARTS) is 1. The first-order chi connectivity index (χ1) is 8.90. The third kappa shape index (κ3) is 3.01. The normalized spacial score (nSPS) is 23.2. The van der Waals surface area contributed by atoms with Gasteiger partial charge in [-0.15, -0.1) is 11.3 Å². The molecular formula is C13H16N2O3S. The van der Waals surface area contributed by atoms with Gasteiger partial charge in [0.1, 0.15) is 0 Å². The number of aliphatic carboxylic acids is 1. The Bertz CT molecular complexity index is 538. The maximum Gasteiger partial charge on any atom is 0.311 e. The van der Waals surface area contributed by atoms with Crippen molar-refractivity contribution in [1.29, 1.82) is 0 Å². The number of amides is 1. The van der Waals surface area contributed by atoms with E-state index in [0.717, 1.165) is 10.7 Å². The van der Waals surface area contributed by atoms with Crippen molar-refractivity contribution in [3.8, 4) is 0 Å². The molecule has 1 amide bonds. The van der Waals surface area contributed by atoms with Crippen molar-refractivity contribution in [2.75, 3.05) is 13.1 Å². The minimum absolute atomic E-state index is 0.157. The van der Waals surface area contributed by atoms with E-state index < -0.39 is 11.4 Å². The van der Waals surface area contributed by atoms with Gasteiger partial charge in [-0.1, -0.05) is 0 Å². The molecule has 1 fully saturated rings. The second kappa shape index (κ2) is 5.13. The first kappa shape index (κ1) is 13.7. The maximum atomic E-state index is 12.0. The molecule has 1 saturated heterocycles. The lowest BCUT2D eigenvalue weighted by atomic mass is 9.90. The molecule has 1 aliphatic rings. The molecule has 0 saturated carbocycles. The van der Waals surface area contributed by atoms with Crippen LogP contribution in [0, 0.1) is 12.3 Å². The minimum Gasteiger partial charge on any atom is -0.481 e. The predicted molar refractivity (Wildman–Crippen MR) is 72.8 cm³/mol. The number of nitrogens with zero attached hydrogens (tertiary/aromatic N) is 2. The van der Waals surface area contributed by atoms with E-state index in [2.05, 4.69) is 4.98 Å². The Kier molecular flexibility index (Phi) is 3.71. The zero-order chi connectivity index (χ0) is 14.0. The first-order valence-corrected chi connectivity index (χ1v) is 6.91. The molecule has 1 aromatic heterocycles. The third-order valence-electron chi connectivity index (χ3n) is 3.33. The van der Waals surface area contributed by atoms with Crippen LogP contribution in [0.15, 0.2) is 11.5 Å². The summed E-state index contributed by atoms with van der Waals surface area (Å²) in [5, 5.41) is 11.9. The lowest BCUT2D eigenvalue weighted by Gasteiger charge is -2.18. The van der Waals surface area contributed by atoms with Gasteiger partial charge in [-0.2, -0.15) is 0 Å². The van der Waals surface area contributed by atoms with Gasteiger partial charge >= 0.3 is 5.97 Å². The molecule has 0 spiro atoms. The van der Waals surface area contributed by atoms with Crippen molar-refractivity contribution in [3.05, 3.63) is 22.2 Å². The Morgan fingerprint density at radius 3 is 2.84 bits per heavy atom. The summed E-state index contributed by atoms with van der Waals surface area (Å²) in [7, 11) is 0. The van der Waals surface area contributed by atoms with Crippen LogP contribution in [0.5, 0.6) is 0 Å². The summed E-state index contributed by atoms with van der Waals surface area (Å²) in [5.41, 5.74) is -0.0585. The van der Waals surface area contributed by atoms with Gasteiger partial charge in [0.2, 0.25) is 5.91 Å². The molecule has 0 bridgehead atoms. The lowest BCUT2D eigenvalue weighted by Crippen LogP contribution is -2.34. The van der Waals surface area contributed by atoms with Gasteiger partial charge < -0.3 is 10.0 Å². The highest BCUT2D eigenvalue weighted by atomic mass is 32.1. The van der Waals surface area contributed by atoms with E-state index in [0.29, 0.717) is 13.0 Å². The molecule has 2 rings (SSSR count). The average Bonchev–Trinajstić information content (AvgIpc) is 2.94. The van der Waals surface area contributed by atoms with E-state index in [4.69, 9.17) is 5.11 Å². The van der Waals surface area contributed by atoms with E-state index >= 15 is 0 Å². The number of hydrogen-bond donors (Lipinski definition) is 1. The van der Waals surface area contributed by atoms with Gasteiger partial charge in [0, 0.05) is 24.5 Å². The molecule has 102 valence electrons. The zero-order valence-electron chi connectivity index (χ0n) is 10.9. The molecular weight excluding hydrogens is 264 g/mol. The zero-order valence-corrected chi connectivity index (χ0v) is 11.7. The summed E-state index contributed by atoms with van der Waals surface area (Å²) >= 11 is 1.53. The van der Waals surface area contributed by atoms with E-state index in [1.807, 2.05) is 12.3 Å². The van der Waals surface area contributed by atoms with E-state index in [1.54, 1.807) is 17.9 Å². The molecule has 1 atom stereocenters. The van der Waals surface area contributed by atoms with Crippen molar-refractivity contribution >= 4 is 29.3 Å². The highest BCUT2D eigenvalue weighted by Gasteiger charge is 2.41. The number of thiazole rings is 1. The third-order valence-corrected chi connectivity index (χ3v) is 4.13. The largest absolute Gasteiger partial charge is 0.481 e. The van der Waals surface area contributed by atoms with Crippen LogP contribution < -0.4 is 0 Å². The summed E-state index contributed by atoms with van der Waals surface area (Å²) in [6.07, 6.45) is 3.63. The van der Waals surface area contributed by atoms with Crippen molar-refractivity contribution in [2.45, 2.75) is 20.3 Å². The molecule has 0 aromatic carbocycles. The predicted octanol–water partition coefficient (Wildman–Crippen LogP) is 1.79. The molecule has 5 nitrogen and oxygen atoms in total. The number of hydrogen-bond acceptors (Lipinski definition) is 4. The van der Waals surface area contributed by atoms with Crippen LogP contribution in [-0.2, 0) is 9.59 Å². The van der Waals surface area contributed by atoms with Gasteiger partial charge in [-0.05, 0) is 26.3 Å². The second-order valence-electron chi connectivity index (χ2n) is 5.00. The monoisotopic (exact) mass is 280 g/mol. The number of aryl methyl sites for hydroxylation is 1. The molecule has 1 aromatic rings. The average molecular weight is 280 g/mol. The van der Waals surface area contributed by atoms with E-state index in [1.165, 1.54) is 17.4 Å². The van der Waals surface area contributed by atoms with Crippen LogP contribution in [0.25, 0.3) is 6.08 Å². The molecule has 0 radical (unpaired) electrons. The van der Waals surface area contributed by atoms with Crippen LogP contribution in [0.2, 0.25) is 0 Å². The smallest absolute Gasteiger partial charge is 0.311 e. The fourth-order valence-electron chi connectivity index (χ4n) is 2.04. The lowest BCUT2D eigenvalue weighted by molar-refractivity contribution is -0.147. The minimum atomic E-state index is -0.845. The summed E-state index contributed by atoms with van der Waals surface area (Å²) in [6.45, 7) is 4.34. The van der Waals surface area contributed by atoms with Crippen LogP contribution in [0.4, 0.5) is 0 Å². The van der Waals surface area contributed by atoms with Crippen LogP contribution >= 0.6 is 11.3 Å². The fraction of sp³-hybridized carbons (Fsp3) is 0.462. The molecule has 1 unspecified atom stereocenters. The van der Waals surface area contributed by atoms with Gasteiger partial charge in [0.05, 0.1) is 16.1 Å². The molecule has 19 heavy (non-hydrogen) atoms. The SMILES string of the molecule is Cc1nc(C=CC(=O)N2CCC(C)(C(=O)O)C2)cs1. The Labute approximate surface area is 115 Å². The maximum absolute atomic E-state index is 12.0. The topological polar surface area (TPSA) is 70.5 Å². The van der Waals surface area contributed by atoms with Gasteiger partial charge in [0.25, 0.3) is 0 Å². The van der Waals surface area contributed by atoms with Crippen molar-refractivity contribution in [3.63, 3.8) is 0 Å². The molecule has 2 heterocycles. The molecule has 1 N–H and O–H groups in total. The Hall–Kier alpha value is -1.69. The molecule has 1 aliphatic heterocycles. The van der Waals surface area contributed by atoms with Crippen LogP contribution in [0.1, 0.15) is 24.0 Å². The standard InChI is InChI=1S/C13H16N2O3S/c1-9-14-10(7-19-9)3-4-11(16)15-6-5-13(2,8-15)12(17)18/h3-4,7H,5-6,8H2,1-2H3,(H,17,18). The van der Waals surface area contributed by atoms with Crippen molar-refractivity contribution < 1.29 is 14.7 Å². The van der Waals surface area contributed by atoms with Gasteiger partial charge in [-0.25, -0.2) is 4.98 Å². The number of carbonyl (C=O) groups excluding carboxylic acids is 1. The van der Waals surface area contributed by atoms with Crippen LogP contribution in [-0.4, -0.2) is 40.0 Å². The number of carboxylic acids is 1. The number of rotatable bonds is 3. The van der Waals surface area contributed by atoms with E-state index in [-0.39, 0.29) is 12.5 Å². The fourth-order valence-corrected chi connectivity index (χ4v) is 2.62. The molecule has 0 aliphatic carbocycles. The van der Waals surface area contributed by atoms with Crippen molar-refractivity contribution in [2.24, 2.45) is 5.41 Å². The number of likely N-dealkylation sites (tertiary alicyclic amines) is 1. The van der Waals surface area contributed by atoms with Gasteiger partial charge in [0.15, 0.2) is 0 Å². The van der Waals surface area contributed by atoms with Crippen molar-refractivity contribution in [1.82, 2.24) is 9.88 Å². The Balaban J connectivity index is 1.99. The van der Waals surface area contributed by atoms with Gasteiger partial charge in [-0.3, -0.25) is 9.59 Å². The summed E-state index contributed by atoms with van der Waals surface area (Å²) in [5.74, 6) is -1.00. The quantitative estimate of drug-likeness (QED) is 0.857. The summed E-state index contributed by atoms with van der Waals surface area (Å²) in [4.78, 5) is 28.9. The number of carbonyl (C=O) groups is 2. The molecule has 6 heteroatoms. The van der Waals surface area contributed by atoms with E-state index in [9.17, 15) is 9.59 Å². The summed E-state index contributed by atoms with van der Waals surface area (Å²) in [6, 6.07) is 0. The first-order valence-electron chi connectivity index (χ1n) is 6.03.